The number of rotatable bonds is 6. The Bertz CT molecular complexity index is 1140. The molecular formula is C26H28Cl2N2O6. The van der Waals surface area contributed by atoms with Crippen molar-refractivity contribution in [1.82, 2.24) is 9.80 Å². The van der Waals surface area contributed by atoms with Crippen LogP contribution in [0.1, 0.15) is 52.8 Å². The Labute approximate surface area is 220 Å². The van der Waals surface area contributed by atoms with Gasteiger partial charge in [0.15, 0.2) is 5.75 Å². The molecule has 0 saturated carbocycles. The first-order valence-corrected chi connectivity index (χ1v) is 12.6. The molecule has 0 spiro atoms. The van der Waals surface area contributed by atoms with Gasteiger partial charge in [0, 0.05) is 25.2 Å². The van der Waals surface area contributed by atoms with Gasteiger partial charge in [-0.25, -0.2) is 4.79 Å². The lowest BCUT2D eigenvalue weighted by Crippen LogP contribution is -2.41. The van der Waals surface area contributed by atoms with Crippen molar-refractivity contribution in [3.63, 3.8) is 0 Å². The average Bonchev–Trinajstić information content (AvgIpc) is 3.39. The Morgan fingerprint density at radius 2 is 1.58 bits per heavy atom. The summed E-state index contributed by atoms with van der Waals surface area (Å²) in [5.74, 6) is 0.0129. The van der Waals surface area contributed by atoms with Crippen molar-refractivity contribution in [2.24, 2.45) is 0 Å². The Morgan fingerprint density at radius 3 is 2.22 bits per heavy atom. The van der Waals surface area contributed by atoms with Crippen LogP contribution in [-0.2, 0) is 9.53 Å². The molecule has 2 heterocycles. The topological polar surface area (TPSA) is 85.4 Å². The van der Waals surface area contributed by atoms with Crippen LogP contribution in [0, 0.1) is 0 Å². The molecule has 0 radical (unpaired) electrons. The number of hydrogen-bond acceptors (Lipinski definition) is 6. The zero-order valence-corrected chi connectivity index (χ0v) is 21.7. The smallest absolute Gasteiger partial charge is 0.328 e. The van der Waals surface area contributed by atoms with Gasteiger partial charge in [0.2, 0.25) is 0 Å². The van der Waals surface area contributed by atoms with Gasteiger partial charge in [0.1, 0.15) is 17.5 Å². The minimum Gasteiger partial charge on any atom is -0.496 e. The molecule has 2 aliphatic heterocycles. The number of amides is 2. The summed E-state index contributed by atoms with van der Waals surface area (Å²) in [4.78, 5) is 41.5. The lowest BCUT2D eigenvalue weighted by Gasteiger charge is -2.27. The number of piperidine rings is 1. The highest BCUT2D eigenvalue weighted by molar-refractivity contribution is 6.37. The molecule has 4 rings (SSSR count). The number of halogens is 2. The minimum atomic E-state index is -0.633. The molecule has 192 valence electrons. The first-order valence-electron chi connectivity index (χ1n) is 11.9. The monoisotopic (exact) mass is 534 g/mol. The number of nitrogens with zero attached hydrogens (tertiary/aromatic N) is 2. The molecule has 2 amide bonds. The van der Waals surface area contributed by atoms with Crippen LogP contribution in [0.4, 0.5) is 0 Å². The van der Waals surface area contributed by atoms with Crippen molar-refractivity contribution in [1.29, 1.82) is 0 Å². The number of carbonyl (C=O) groups is 3. The average molecular weight is 535 g/mol. The molecule has 1 atom stereocenters. The second kappa shape index (κ2) is 11.4. The molecule has 10 heteroatoms. The summed E-state index contributed by atoms with van der Waals surface area (Å²) in [5, 5.41) is 0.249. The van der Waals surface area contributed by atoms with E-state index >= 15 is 0 Å². The Kier molecular flexibility index (Phi) is 8.26. The number of esters is 1. The number of likely N-dealkylation sites (tertiary alicyclic amines) is 2. The molecule has 2 aromatic carbocycles. The van der Waals surface area contributed by atoms with Crippen LogP contribution in [0.15, 0.2) is 30.3 Å². The Balaban J connectivity index is 1.57. The van der Waals surface area contributed by atoms with Gasteiger partial charge in [-0.3, -0.25) is 9.59 Å². The van der Waals surface area contributed by atoms with E-state index in [2.05, 4.69) is 0 Å². The Morgan fingerprint density at radius 1 is 0.889 bits per heavy atom. The predicted molar refractivity (Wildman–Crippen MR) is 135 cm³/mol. The van der Waals surface area contributed by atoms with E-state index in [9.17, 15) is 14.4 Å². The number of ether oxygens (including phenoxy) is 3. The van der Waals surface area contributed by atoms with E-state index in [-0.39, 0.29) is 33.2 Å². The third-order valence-corrected chi connectivity index (χ3v) is 7.06. The molecule has 2 saturated heterocycles. The minimum absolute atomic E-state index is 0.124. The van der Waals surface area contributed by atoms with Crippen LogP contribution >= 0.6 is 23.2 Å². The molecule has 0 aromatic heterocycles. The highest BCUT2D eigenvalue weighted by Gasteiger charge is 2.35. The quantitative estimate of drug-likeness (QED) is 0.473. The second-order valence-electron chi connectivity index (χ2n) is 8.77. The molecule has 8 nitrogen and oxygen atoms in total. The molecule has 2 aliphatic rings. The van der Waals surface area contributed by atoms with Crippen molar-refractivity contribution in [3.8, 4) is 17.2 Å². The standard InChI is InChI=1S/C26H28Cl2N2O6/c1-34-22-9-8-17(15-18(22)25(32)29-10-4-3-5-11-29)36-23-19(27)13-16(14-20(23)28)24(31)30-12-6-7-21(30)26(33)35-2/h8-9,13-15,21H,3-7,10-12H2,1-2H3/t21-/m1/s1. The van der Waals surface area contributed by atoms with Crippen molar-refractivity contribution in [3.05, 3.63) is 51.5 Å². The van der Waals surface area contributed by atoms with Gasteiger partial charge in [-0.2, -0.15) is 0 Å². The molecule has 0 N–H and O–H groups in total. The summed E-state index contributed by atoms with van der Waals surface area (Å²) in [7, 11) is 2.81. The molecular weight excluding hydrogens is 507 g/mol. The third kappa shape index (κ3) is 5.39. The summed E-state index contributed by atoms with van der Waals surface area (Å²) >= 11 is 12.9. The van der Waals surface area contributed by atoms with Gasteiger partial charge in [-0.05, 0) is 62.4 Å². The maximum atomic E-state index is 13.1. The molecule has 2 aromatic rings. The molecule has 0 bridgehead atoms. The van der Waals surface area contributed by atoms with Crippen LogP contribution in [0.3, 0.4) is 0 Å². The van der Waals surface area contributed by atoms with Crippen LogP contribution in [-0.4, -0.2) is 67.5 Å². The normalized spacial score (nSPS) is 17.6. The second-order valence-corrected chi connectivity index (χ2v) is 9.58. The molecule has 2 fully saturated rings. The third-order valence-electron chi connectivity index (χ3n) is 6.50. The van der Waals surface area contributed by atoms with Crippen LogP contribution in [0.5, 0.6) is 17.2 Å². The summed E-state index contributed by atoms with van der Waals surface area (Å²) in [6, 6.07) is 7.20. The fourth-order valence-corrected chi connectivity index (χ4v) is 5.20. The number of carbonyl (C=O) groups excluding carboxylic acids is 3. The Hall–Kier alpha value is -2.97. The van der Waals surface area contributed by atoms with Gasteiger partial charge in [-0.15, -0.1) is 0 Å². The maximum Gasteiger partial charge on any atom is 0.328 e. The van der Waals surface area contributed by atoms with Crippen LogP contribution < -0.4 is 9.47 Å². The highest BCUT2D eigenvalue weighted by atomic mass is 35.5. The van der Waals surface area contributed by atoms with E-state index in [4.69, 9.17) is 37.4 Å². The van der Waals surface area contributed by atoms with Crippen molar-refractivity contribution >= 4 is 41.0 Å². The van der Waals surface area contributed by atoms with E-state index in [0.29, 0.717) is 49.5 Å². The molecule has 0 aliphatic carbocycles. The highest BCUT2D eigenvalue weighted by Crippen LogP contribution is 2.39. The van der Waals surface area contributed by atoms with Gasteiger partial charge >= 0.3 is 5.97 Å². The van der Waals surface area contributed by atoms with Crippen molar-refractivity contribution < 1.29 is 28.6 Å². The summed E-state index contributed by atoms with van der Waals surface area (Å²) in [5.41, 5.74) is 0.627. The first kappa shape index (κ1) is 26.1. The fraction of sp³-hybridized carbons (Fsp3) is 0.423. The number of benzene rings is 2. The summed E-state index contributed by atoms with van der Waals surface area (Å²) in [6.07, 6.45) is 4.29. The van der Waals surface area contributed by atoms with E-state index in [0.717, 1.165) is 19.3 Å². The van der Waals surface area contributed by atoms with Gasteiger partial charge in [0.05, 0.1) is 29.8 Å². The first-order chi connectivity index (χ1) is 17.3. The SMILES string of the molecule is COC(=O)[C@H]1CCCN1C(=O)c1cc(Cl)c(Oc2ccc(OC)c(C(=O)N3CCCCC3)c2)c(Cl)c1. The van der Waals surface area contributed by atoms with E-state index in [1.54, 1.807) is 18.2 Å². The molecule has 0 unspecified atom stereocenters. The number of methoxy groups -OCH3 is 2. The van der Waals surface area contributed by atoms with Crippen molar-refractivity contribution in [2.45, 2.75) is 38.1 Å². The van der Waals surface area contributed by atoms with Gasteiger partial charge < -0.3 is 24.0 Å². The summed E-state index contributed by atoms with van der Waals surface area (Å²) in [6.45, 7) is 1.84. The largest absolute Gasteiger partial charge is 0.496 e. The van der Waals surface area contributed by atoms with Crippen molar-refractivity contribution in [2.75, 3.05) is 33.9 Å². The van der Waals surface area contributed by atoms with Crippen LogP contribution in [0.2, 0.25) is 10.0 Å². The molecule has 36 heavy (non-hydrogen) atoms. The fourth-order valence-electron chi connectivity index (χ4n) is 4.64. The number of hydrogen-bond donors (Lipinski definition) is 0. The lowest BCUT2D eigenvalue weighted by molar-refractivity contribution is -0.145. The zero-order chi connectivity index (χ0) is 25.8. The maximum absolute atomic E-state index is 13.1. The van der Waals surface area contributed by atoms with Gasteiger partial charge in [0.25, 0.3) is 11.8 Å². The van der Waals surface area contributed by atoms with Crippen LogP contribution in [0.25, 0.3) is 0 Å². The van der Waals surface area contributed by atoms with E-state index < -0.39 is 12.0 Å². The predicted octanol–water partition coefficient (Wildman–Crippen LogP) is 5.20. The van der Waals surface area contributed by atoms with E-state index in [1.165, 1.54) is 31.3 Å². The summed E-state index contributed by atoms with van der Waals surface area (Å²) < 4.78 is 16.2. The van der Waals surface area contributed by atoms with Gasteiger partial charge in [-0.1, -0.05) is 23.2 Å². The lowest BCUT2D eigenvalue weighted by atomic mass is 10.1. The van der Waals surface area contributed by atoms with E-state index in [1.807, 2.05) is 4.90 Å². The zero-order valence-electron chi connectivity index (χ0n) is 20.2.